The van der Waals surface area contributed by atoms with Crippen molar-refractivity contribution in [2.24, 2.45) is 35.5 Å². The number of esters is 1. The Morgan fingerprint density at radius 3 is 2.33 bits per heavy atom. The minimum atomic E-state index is -2.57. The first kappa shape index (κ1) is 61.4. The fourth-order valence-electron chi connectivity index (χ4n) is 10.6. The predicted molar refractivity (Wildman–Crippen MR) is 271 cm³/mol. The van der Waals surface area contributed by atoms with E-state index in [2.05, 4.69) is 5.32 Å². The standard InChI is InChI=1S/C55H86N2O16/c1-33-15-11-10-12-16-34(2)42(56-54(66)71-26-25-70-24-23-58)31-41-20-18-39(7)55(67,73-41)51(63)52(64)57-22-14-13-17-43(57)53(65)72-46(36(4)29-40-19-21-44(59)47(30-40)68-8)32-45(60)35(3)28-38(6)49(62)50(69-9)48(61)37(5)27-33/h10-12,15-16,28,33,35-37,39-44,46-47,49-50,58-59,62,67H,13-14,17-27,29-32H2,1-9H3,(H,56,66)/b12-10+,15-11+,34-16+,38-28+/t33-,35-,36-,37-,39-,40+,41+,42?,43+,44-,46+,47-,49-,50+,55-/m1/s1. The molecule has 3 heterocycles. The van der Waals surface area contributed by atoms with Gasteiger partial charge in [-0.25, -0.2) is 9.59 Å². The van der Waals surface area contributed by atoms with Crippen molar-refractivity contribution in [3.63, 3.8) is 0 Å². The van der Waals surface area contributed by atoms with Crippen LogP contribution in [0.15, 0.2) is 47.6 Å². The van der Waals surface area contributed by atoms with Crippen molar-refractivity contribution in [3.8, 4) is 0 Å². The summed E-state index contributed by atoms with van der Waals surface area (Å²) in [5, 5.41) is 46.0. The van der Waals surface area contributed by atoms with Crippen molar-refractivity contribution in [3.05, 3.63) is 47.6 Å². The first-order valence-electron chi connectivity index (χ1n) is 26.4. The van der Waals surface area contributed by atoms with Gasteiger partial charge in [0.15, 0.2) is 5.78 Å². The van der Waals surface area contributed by atoms with Crippen LogP contribution in [0.5, 0.6) is 0 Å². The van der Waals surface area contributed by atoms with E-state index in [4.69, 9.17) is 33.5 Å². The van der Waals surface area contributed by atoms with Gasteiger partial charge in [-0.15, -0.1) is 0 Å². The molecule has 0 aromatic carbocycles. The number of Topliss-reactive ketones (excluding diaryl/α,β-unsaturated/α-hetero) is 3. The number of amides is 2. The zero-order valence-corrected chi connectivity index (χ0v) is 44.7. The minimum Gasteiger partial charge on any atom is -0.460 e. The number of nitrogens with zero attached hydrogens (tertiary/aromatic N) is 1. The first-order chi connectivity index (χ1) is 34.6. The third-order valence-corrected chi connectivity index (χ3v) is 15.2. The molecule has 15 atom stereocenters. The Bertz CT molecular complexity index is 1970. The molecule has 5 N–H and O–H groups in total. The summed E-state index contributed by atoms with van der Waals surface area (Å²) in [7, 11) is 2.91. The number of aliphatic hydroxyl groups excluding tert-OH is 3. The fraction of sp³-hybridized carbons (Fsp3) is 0.745. The number of nitrogens with one attached hydrogen (secondary N) is 1. The van der Waals surface area contributed by atoms with Crippen LogP contribution < -0.4 is 5.32 Å². The van der Waals surface area contributed by atoms with Gasteiger partial charge in [-0.1, -0.05) is 76.6 Å². The van der Waals surface area contributed by atoms with Crippen LogP contribution >= 0.6 is 0 Å². The Balaban J connectivity index is 1.72. The first-order valence-corrected chi connectivity index (χ1v) is 26.4. The molecule has 3 aliphatic heterocycles. The maximum atomic E-state index is 14.5. The number of ketones is 3. The van der Waals surface area contributed by atoms with E-state index in [0.717, 1.165) is 4.90 Å². The molecule has 0 aromatic rings. The molecule has 0 spiro atoms. The van der Waals surface area contributed by atoms with Crippen LogP contribution in [0.4, 0.5) is 4.79 Å². The Kier molecular flexibility index (Phi) is 25.1. The molecule has 412 valence electrons. The molecule has 4 rings (SSSR count). The van der Waals surface area contributed by atoms with Gasteiger partial charge in [0, 0.05) is 44.9 Å². The lowest BCUT2D eigenvalue weighted by Crippen LogP contribution is -2.61. The number of cyclic esters (lactones) is 1. The summed E-state index contributed by atoms with van der Waals surface area (Å²) in [6, 6.07) is -1.94. The molecule has 2 saturated heterocycles. The molecular formula is C55H86N2O16. The summed E-state index contributed by atoms with van der Waals surface area (Å²) in [5.74, 6) is -8.75. The number of fused-ring (bicyclic) bond motifs is 3. The molecule has 18 heteroatoms. The van der Waals surface area contributed by atoms with E-state index in [9.17, 15) is 44.1 Å². The normalized spacial score (nSPS) is 37.1. The zero-order valence-electron chi connectivity index (χ0n) is 44.7. The minimum absolute atomic E-state index is 0.0259. The molecule has 2 bridgehead atoms. The van der Waals surface area contributed by atoms with Crippen LogP contribution in [0.1, 0.15) is 126 Å². The van der Waals surface area contributed by atoms with Crippen molar-refractivity contribution >= 4 is 35.3 Å². The van der Waals surface area contributed by atoms with Crippen LogP contribution in [0.25, 0.3) is 0 Å². The van der Waals surface area contributed by atoms with Gasteiger partial charge in [0.1, 0.15) is 36.7 Å². The third kappa shape index (κ3) is 17.7. The lowest BCUT2D eigenvalue weighted by molar-refractivity contribution is -0.264. The average molecular weight is 1030 g/mol. The summed E-state index contributed by atoms with van der Waals surface area (Å²) in [4.78, 5) is 85.5. The van der Waals surface area contributed by atoms with Gasteiger partial charge in [-0.05, 0) is 108 Å². The van der Waals surface area contributed by atoms with Crippen LogP contribution in [-0.2, 0) is 52.4 Å². The number of hydrogen-bond acceptors (Lipinski definition) is 16. The SMILES string of the molecule is CO[C@@H]1C[C@H](C[C@@H](C)[C@@H]2CC(=O)[C@H](C)/C=C(\C)[C@@H](O)[C@@H](OC)C(=O)[C@H](C)C[C@H](C)/C=C/C=C/C=C(\C)C(NC(=O)OCCOCCO)C[C@@H]3CC[C@@H](C)[C@@](O)(O3)C(=O)C(=O)N3CCCC[C@H]3C(=O)O2)CC[C@H]1O. The van der Waals surface area contributed by atoms with E-state index >= 15 is 0 Å². The highest BCUT2D eigenvalue weighted by molar-refractivity contribution is 6.39. The number of piperidine rings is 1. The van der Waals surface area contributed by atoms with Gasteiger partial charge < -0.3 is 59.1 Å². The zero-order chi connectivity index (χ0) is 54.0. The lowest BCUT2D eigenvalue weighted by atomic mass is 9.78. The average Bonchev–Trinajstić information content (AvgIpc) is 3.36. The summed E-state index contributed by atoms with van der Waals surface area (Å²) >= 11 is 0. The van der Waals surface area contributed by atoms with Gasteiger partial charge in [-0.3, -0.25) is 19.2 Å². The summed E-state index contributed by atoms with van der Waals surface area (Å²) in [6.45, 7) is 12.2. The van der Waals surface area contributed by atoms with Crippen molar-refractivity contribution < 1.29 is 77.6 Å². The number of rotatable bonds is 11. The van der Waals surface area contributed by atoms with Gasteiger partial charge >= 0.3 is 12.1 Å². The Morgan fingerprint density at radius 1 is 0.890 bits per heavy atom. The molecular weight excluding hydrogens is 945 g/mol. The summed E-state index contributed by atoms with van der Waals surface area (Å²) in [5.41, 5.74) is 1.03. The topological polar surface area (TPSA) is 254 Å². The van der Waals surface area contributed by atoms with E-state index in [1.165, 1.54) is 7.11 Å². The monoisotopic (exact) mass is 1030 g/mol. The van der Waals surface area contributed by atoms with Crippen LogP contribution in [0.3, 0.4) is 0 Å². The molecule has 73 heavy (non-hydrogen) atoms. The second-order valence-corrected chi connectivity index (χ2v) is 21.0. The predicted octanol–water partition coefficient (Wildman–Crippen LogP) is 5.27. The van der Waals surface area contributed by atoms with Gasteiger partial charge in [0.05, 0.1) is 44.2 Å². The highest BCUT2D eigenvalue weighted by atomic mass is 16.6. The molecule has 0 radical (unpaired) electrons. The Hall–Kier alpha value is -4.14. The number of carbonyl (C=O) groups excluding carboxylic acids is 6. The molecule has 4 aliphatic rings. The fourth-order valence-corrected chi connectivity index (χ4v) is 10.6. The van der Waals surface area contributed by atoms with Gasteiger partial charge in [0.25, 0.3) is 11.7 Å². The molecule has 18 nitrogen and oxygen atoms in total. The number of aliphatic hydroxyl groups is 4. The Labute approximate surface area is 432 Å². The second kappa shape index (κ2) is 29.8. The number of carbonyl (C=O) groups is 6. The number of alkyl carbamates (subject to hydrolysis) is 1. The molecule has 1 saturated carbocycles. The molecule has 0 aromatic heterocycles. The van der Waals surface area contributed by atoms with Gasteiger partial charge in [0.2, 0.25) is 5.79 Å². The molecule has 1 unspecified atom stereocenters. The van der Waals surface area contributed by atoms with Crippen molar-refractivity contribution in [2.45, 2.75) is 180 Å². The highest BCUT2D eigenvalue weighted by Gasteiger charge is 2.53. The highest BCUT2D eigenvalue weighted by Crippen LogP contribution is 2.37. The smallest absolute Gasteiger partial charge is 0.407 e. The maximum Gasteiger partial charge on any atom is 0.407 e. The maximum absolute atomic E-state index is 14.5. The quantitative estimate of drug-likeness (QED) is 0.0765. The number of methoxy groups -OCH3 is 2. The van der Waals surface area contributed by atoms with E-state index in [1.54, 1.807) is 66.0 Å². The molecule has 2 amide bonds. The van der Waals surface area contributed by atoms with E-state index < -0.39 is 89.9 Å². The summed E-state index contributed by atoms with van der Waals surface area (Å²) in [6.07, 6.45) is 9.11. The van der Waals surface area contributed by atoms with Crippen molar-refractivity contribution in [1.82, 2.24) is 10.2 Å². The Morgan fingerprint density at radius 2 is 1.63 bits per heavy atom. The molecule has 3 fully saturated rings. The largest absolute Gasteiger partial charge is 0.460 e. The van der Waals surface area contributed by atoms with E-state index in [0.29, 0.717) is 62.5 Å². The van der Waals surface area contributed by atoms with Crippen molar-refractivity contribution in [2.75, 3.05) is 47.2 Å². The summed E-state index contributed by atoms with van der Waals surface area (Å²) < 4.78 is 34.2. The van der Waals surface area contributed by atoms with Crippen LogP contribution in [0.2, 0.25) is 0 Å². The lowest BCUT2D eigenvalue weighted by Gasteiger charge is -2.43. The number of allylic oxidation sites excluding steroid dienone is 6. The number of ether oxygens (including phenoxy) is 6. The van der Waals surface area contributed by atoms with Gasteiger partial charge in [-0.2, -0.15) is 0 Å². The molecule has 1 aliphatic carbocycles. The van der Waals surface area contributed by atoms with E-state index in [1.807, 2.05) is 26.0 Å². The number of hydrogen-bond donors (Lipinski definition) is 5. The van der Waals surface area contributed by atoms with Crippen molar-refractivity contribution in [1.29, 1.82) is 0 Å². The van der Waals surface area contributed by atoms with Crippen LogP contribution in [-0.4, -0.2) is 162 Å². The second-order valence-electron chi connectivity index (χ2n) is 21.0. The van der Waals surface area contributed by atoms with Crippen LogP contribution in [0, 0.1) is 35.5 Å². The third-order valence-electron chi connectivity index (χ3n) is 15.2. The van der Waals surface area contributed by atoms with E-state index in [-0.39, 0.29) is 94.1 Å².